The number of nitrogens with zero attached hydrogens (tertiary/aromatic N) is 9. The van der Waals surface area contributed by atoms with Crippen LogP contribution in [-0.2, 0) is 4.79 Å². The van der Waals surface area contributed by atoms with Crippen molar-refractivity contribution in [2.24, 2.45) is 23.2 Å². The molecular formula is C38H50FN9O2. The van der Waals surface area contributed by atoms with Crippen LogP contribution in [0.3, 0.4) is 0 Å². The third-order valence-corrected chi connectivity index (χ3v) is 12.0. The highest BCUT2D eigenvalue weighted by Gasteiger charge is 2.53. The molecule has 11 nitrogen and oxygen atoms in total. The number of halogens is 1. The average molecular weight is 684 g/mol. The van der Waals surface area contributed by atoms with Crippen molar-refractivity contribution in [1.29, 1.82) is 0 Å². The Morgan fingerprint density at radius 3 is 2.60 bits per heavy atom. The van der Waals surface area contributed by atoms with Gasteiger partial charge in [-0.2, -0.15) is 0 Å². The van der Waals surface area contributed by atoms with Crippen molar-refractivity contribution < 1.29 is 13.9 Å². The number of likely N-dealkylation sites (tertiary alicyclic amines) is 2. The second kappa shape index (κ2) is 13.1. The number of rotatable bonds is 10. The van der Waals surface area contributed by atoms with Crippen molar-refractivity contribution in [3.05, 3.63) is 48.1 Å². The minimum absolute atomic E-state index is 0.155. The van der Waals surface area contributed by atoms with Crippen LogP contribution in [-0.4, -0.2) is 111 Å². The highest BCUT2D eigenvalue weighted by molar-refractivity contribution is 5.78. The van der Waals surface area contributed by atoms with Crippen LogP contribution in [0.25, 0.3) is 11.1 Å². The van der Waals surface area contributed by atoms with Gasteiger partial charge < -0.3 is 14.5 Å². The number of carbonyl (C=O) groups excluding carboxylic acids is 1. The number of hydrogen-bond donors (Lipinski definition) is 0. The topological polar surface area (TPSA) is 104 Å². The zero-order valence-corrected chi connectivity index (χ0v) is 30.1. The highest BCUT2D eigenvalue weighted by atomic mass is 19.1. The van der Waals surface area contributed by atoms with E-state index in [-0.39, 0.29) is 23.1 Å². The maximum Gasteiger partial charge on any atom is 0.282 e. The summed E-state index contributed by atoms with van der Waals surface area (Å²) in [6.07, 6.45) is 9.94. The molecule has 0 unspecified atom stereocenters. The van der Waals surface area contributed by atoms with E-state index in [1.54, 1.807) is 17.2 Å². The van der Waals surface area contributed by atoms with Gasteiger partial charge >= 0.3 is 0 Å². The third kappa shape index (κ3) is 6.33. The van der Waals surface area contributed by atoms with Crippen LogP contribution in [0.2, 0.25) is 0 Å². The second-order valence-electron chi connectivity index (χ2n) is 16.2. The fourth-order valence-electron chi connectivity index (χ4n) is 9.37. The van der Waals surface area contributed by atoms with Gasteiger partial charge in [-0.15, -0.1) is 10.2 Å². The van der Waals surface area contributed by atoms with E-state index < -0.39 is 0 Å². The molecule has 0 N–H and O–H groups in total. The van der Waals surface area contributed by atoms with Crippen molar-refractivity contribution in [1.82, 2.24) is 39.8 Å². The summed E-state index contributed by atoms with van der Waals surface area (Å²) in [5.41, 5.74) is 2.56. The average Bonchev–Trinajstić information content (AvgIpc) is 3.63. The fraction of sp³-hybridized carbons (Fsp3) is 0.632. The molecule has 1 aromatic carbocycles. The summed E-state index contributed by atoms with van der Waals surface area (Å²) in [5.74, 6) is 3.93. The second-order valence-corrected chi connectivity index (χ2v) is 16.2. The van der Waals surface area contributed by atoms with Crippen LogP contribution in [0.1, 0.15) is 69.8 Å². The van der Waals surface area contributed by atoms with E-state index in [9.17, 15) is 9.18 Å². The van der Waals surface area contributed by atoms with Crippen LogP contribution < -0.4 is 9.64 Å². The molecule has 12 heteroatoms. The number of anilines is 1. The molecular weight excluding hydrogens is 633 g/mol. The van der Waals surface area contributed by atoms with E-state index >= 15 is 0 Å². The molecule has 2 aromatic heterocycles. The summed E-state index contributed by atoms with van der Waals surface area (Å²) >= 11 is 0. The van der Waals surface area contributed by atoms with Gasteiger partial charge in [-0.25, -0.2) is 19.3 Å². The van der Waals surface area contributed by atoms with E-state index in [0.29, 0.717) is 58.7 Å². The van der Waals surface area contributed by atoms with Crippen LogP contribution in [0, 0.1) is 35.9 Å². The molecule has 2 atom stereocenters. The van der Waals surface area contributed by atoms with Crippen molar-refractivity contribution in [2.75, 3.05) is 58.3 Å². The molecule has 3 aromatic rings. The lowest BCUT2D eigenvalue weighted by molar-refractivity contribution is -0.132. The molecule has 5 aliphatic rings. The van der Waals surface area contributed by atoms with Crippen molar-refractivity contribution in [3.8, 4) is 22.8 Å². The van der Waals surface area contributed by atoms with Gasteiger partial charge in [-0.05, 0) is 82.0 Å². The highest BCUT2D eigenvalue weighted by Crippen LogP contribution is 2.49. The maximum absolute atomic E-state index is 14.7. The largest absolute Gasteiger partial charge is 0.434 e. The van der Waals surface area contributed by atoms with E-state index in [0.717, 1.165) is 76.2 Å². The Morgan fingerprint density at radius 2 is 1.86 bits per heavy atom. The lowest BCUT2D eigenvalue weighted by atomic mass is 9.68. The maximum atomic E-state index is 14.7. The van der Waals surface area contributed by atoms with Gasteiger partial charge in [0, 0.05) is 87.6 Å². The first-order chi connectivity index (χ1) is 24.1. The lowest BCUT2D eigenvalue weighted by Crippen LogP contribution is -2.65. The van der Waals surface area contributed by atoms with Gasteiger partial charge in [0.25, 0.3) is 5.88 Å². The number of ether oxygens (including phenoxy) is 1. The smallest absolute Gasteiger partial charge is 0.282 e. The summed E-state index contributed by atoms with van der Waals surface area (Å²) in [5, 5.41) is 8.46. The Bertz CT molecular complexity index is 1740. The molecule has 266 valence electrons. The zero-order valence-electron chi connectivity index (χ0n) is 30.1. The van der Waals surface area contributed by atoms with Crippen molar-refractivity contribution in [2.45, 2.75) is 77.3 Å². The Balaban J connectivity index is 0.924. The quantitative estimate of drug-likeness (QED) is 0.284. The van der Waals surface area contributed by atoms with E-state index in [1.807, 2.05) is 21.0 Å². The molecule has 2 aliphatic carbocycles. The van der Waals surface area contributed by atoms with Crippen LogP contribution >= 0.6 is 0 Å². The third-order valence-electron chi connectivity index (χ3n) is 12.0. The molecule has 8 rings (SSSR count). The summed E-state index contributed by atoms with van der Waals surface area (Å²) in [6.45, 7) is 12.5. The summed E-state index contributed by atoms with van der Waals surface area (Å²) in [6, 6.07) is 5.75. The first kappa shape index (κ1) is 33.4. The van der Waals surface area contributed by atoms with Crippen molar-refractivity contribution in [3.63, 3.8) is 0 Å². The number of aryl methyl sites for hydroxylation is 1. The zero-order chi connectivity index (χ0) is 34.7. The molecule has 1 spiro atoms. The Kier molecular flexibility index (Phi) is 8.74. The number of benzene rings is 1. The minimum Gasteiger partial charge on any atom is -0.434 e. The Hall–Kier alpha value is -3.77. The number of hydrogen-bond acceptors (Lipinski definition) is 10. The predicted octanol–water partition coefficient (Wildman–Crippen LogP) is 5.17. The van der Waals surface area contributed by atoms with E-state index in [2.05, 4.69) is 48.7 Å². The Morgan fingerprint density at radius 1 is 1.06 bits per heavy atom. The van der Waals surface area contributed by atoms with Gasteiger partial charge in [0.2, 0.25) is 5.91 Å². The number of amides is 1. The normalized spacial score (nSPS) is 25.5. The van der Waals surface area contributed by atoms with Crippen LogP contribution in [0.5, 0.6) is 11.6 Å². The SMILES string of the molecule is Cc1ncc(-c2cc(F)ccc2Oc2nncnc2N2CCC3(C2)CN([C@@H](C(C)C)C2CC(N4CC[C@H](C(=O)N(C)C)C4)C2)C3)c(C2CC2)n1. The van der Waals surface area contributed by atoms with Crippen LogP contribution in [0.15, 0.2) is 30.7 Å². The lowest BCUT2D eigenvalue weighted by Gasteiger charge is -2.57. The molecule has 5 fully saturated rings. The van der Waals surface area contributed by atoms with Crippen LogP contribution in [0.4, 0.5) is 10.2 Å². The summed E-state index contributed by atoms with van der Waals surface area (Å²) < 4.78 is 21.1. The first-order valence-corrected chi connectivity index (χ1v) is 18.5. The minimum atomic E-state index is -0.346. The molecule has 1 amide bonds. The monoisotopic (exact) mass is 683 g/mol. The van der Waals surface area contributed by atoms with Gasteiger partial charge in [-0.1, -0.05) is 13.8 Å². The van der Waals surface area contributed by atoms with E-state index in [1.165, 1.54) is 31.3 Å². The molecule has 2 saturated carbocycles. The molecule has 3 aliphatic heterocycles. The fourth-order valence-corrected chi connectivity index (χ4v) is 9.37. The molecule has 3 saturated heterocycles. The summed E-state index contributed by atoms with van der Waals surface area (Å²) in [4.78, 5) is 35.7. The Labute approximate surface area is 294 Å². The molecule has 0 bridgehead atoms. The van der Waals surface area contributed by atoms with Crippen molar-refractivity contribution >= 4 is 11.7 Å². The molecule has 5 heterocycles. The first-order valence-electron chi connectivity index (χ1n) is 18.5. The van der Waals surface area contributed by atoms with E-state index in [4.69, 9.17) is 9.72 Å². The van der Waals surface area contributed by atoms with Gasteiger partial charge in [0.15, 0.2) is 5.82 Å². The standard InChI is InChI=1S/C38H50FN9O2/c1-23(2)34(27-14-29(15-27)46-12-10-26(18-46)37(49)45(4)5)48-20-38(21-48)11-13-47(19-38)35-36(44-42-22-41-35)50-32-9-8-28(39)16-30(32)31-17-40-24(3)43-33(31)25-6-7-25/h8-9,16-17,22-23,25-27,29,34H,6-7,10-15,18-21H2,1-5H3/t26-,27?,29?,34-/m0/s1. The van der Waals surface area contributed by atoms with Gasteiger partial charge in [0.1, 0.15) is 23.7 Å². The molecule has 0 radical (unpaired) electrons. The number of aromatic nitrogens is 5. The predicted molar refractivity (Wildman–Crippen MR) is 188 cm³/mol. The summed E-state index contributed by atoms with van der Waals surface area (Å²) in [7, 11) is 3.74. The van der Waals surface area contributed by atoms with Gasteiger partial charge in [-0.3, -0.25) is 14.6 Å². The molecule has 50 heavy (non-hydrogen) atoms. The van der Waals surface area contributed by atoms with Gasteiger partial charge in [0.05, 0.1) is 11.6 Å². The number of carbonyl (C=O) groups is 1.